The first-order valence-electron chi connectivity index (χ1n) is 13.4. The van der Waals surface area contributed by atoms with Gasteiger partial charge in [-0.2, -0.15) is 5.10 Å². The number of para-hydroxylation sites is 1. The summed E-state index contributed by atoms with van der Waals surface area (Å²) in [7, 11) is 2.16. The van der Waals surface area contributed by atoms with Crippen molar-refractivity contribution >= 4 is 45.7 Å². The summed E-state index contributed by atoms with van der Waals surface area (Å²) in [6.07, 6.45) is -0.835. The van der Waals surface area contributed by atoms with Crippen molar-refractivity contribution in [1.29, 1.82) is 0 Å². The fourth-order valence-corrected chi connectivity index (χ4v) is 5.66. The van der Waals surface area contributed by atoms with E-state index in [-0.39, 0.29) is 34.8 Å². The third-order valence-corrected chi connectivity index (χ3v) is 8.23. The van der Waals surface area contributed by atoms with Gasteiger partial charge in [0.15, 0.2) is 5.75 Å². The van der Waals surface area contributed by atoms with Crippen LogP contribution < -0.4 is 20.7 Å². The van der Waals surface area contributed by atoms with Crippen LogP contribution in [-0.2, 0) is 22.6 Å². The fourth-order valence-electron chi connectivity index (χ4n) is 4.61. The molecule has 1 saturated carbocycles. The maximum Gasteiger partial charge on any atom is 0.369 e. The topological polar surface area (TPSA) is 208 Å². The molecular weight excluding hydrogens is 582 g/mol. The highest BCUT2D eigenvalue weighted by molar-refractivity contribution is 7.85. The zero-order valence-corrected chi connectivity index (χ0v) is 24.2. The number of methoxy groups -OCH3 is 1. The van der Waals surface area contributed by atoms with Gasteiger partial charge in [0.25, 0.3) is 11.8 Å². The van der Waals surface area contributed by atoms with Crippen LogP contribution in [0.1, 0.15) is 33.7 Å². The molecule has 0 atom stereocenters. The van der Waals surface area contributed by atoms with Crippen molar-refractivity contribution in [2.45, 2.75) is 18.9 Å². The Morgan fingerprint density at radius 3 is 2.47 bits per heavy atom. The highest BCUT2D eigenvalue weighted by atomic mass is 32.2. The van der Waals surface area contributed by atoms with Crippen molar-refractivity contribution in [3.63, 3.8) is 0 Å². The second kappa shape index (κ2) is 12.1. The lowest BCUT2D eigenvalue weighted by atomic mass is 10.1. The largest absolute Gasteiger partial charge is 0.494 e. The zero-order valence-electron chi connectivity index (χ0n) is 23.4. The summed E-state index contributed by atoms with van der Waals surface area (Å²) in [6, 6.07) is 8.12. The summed E-state index contributed by atoms with van der Waals surface area (Å²) < 4.78 is 18.9. The van der Waals surface area contributed by atoms with Crippen molar-refractivity contribution in [3.05, 3.63) is 47.8 Å². The zero-order chi connectivity index (χ0) is 30.9. The Balaban J connectivity index is 1.47. The summed E-state index contributed by atoms with van der Waals surface area (Å²) in [6.45, 7) is 0.785. The Hall–Kier alpha value is -4.38. The fraction of sp³-hybridized carbons (Fsp3) is 0.370. The number of aliphatic hydroxyl groups is 3. The molecule has 3 amide bonds. The molecule has 2 aliphatic rings. The van der Waals surface area contributed by atoms with E-state index in [0.717, 1.165) is 19.0 Å². The molecule has 228 valence electrons. The van der Waals surface area contributed by atoms with Gasteiger partial charge in [0.1, 0.15) is 11.5 Å². The predicted octanol–water partition coefficient (Wildman–Crippen LogP) is 0.105. The van der Waals surface area contributed by atoms with E-state index >= 15 is 0 Å². The van der Waals surface area contributed by atoms with Gasteiger partial charge in [0.2, 0.25) is 5.91 Å². The number of nitrogens with zero attached hydrogens (tertiary/aromatic N) is 4. The van der Waals surface area contributed by atoms with Gasteiger partial charge in [-0.1, -0.05) is 6.07 Å². The highest BCUT2D eigenvalue weighted by Crippen LogP contribution is 2.39. The highest BCUT2D eigenvalue weighted by Gasteiger charge is 2.31. The van der Waals surface area contributed by atoms with Gasteiger partial charge in [-0.15, -0.1) is 0 Å². The Bertz CT molecular complexity index is 1590. The van der Waals surface area contributed by atoms with Crippen LogP contribution in [0.3, 0.4) is 0 Å². The number of hydrogen-bond acceptors (Lipinski definition) is 11. The summed E-state index contributed by atoms with van der Waals surface area (Å²) in [5.74, 6) is -0.327. The van der Waals surface area contributed by atoms with Crippen LogP contribution in [0.15, 0.2) is 36.5 Å². The lowest BCUT2D eigenvalue weighted by molar-refractivity contribution is -0.323. The molecule has 0 unspecified atom stereocenters. The number of rotatable bonds is 9. The minimum atomic E-state index is -3.48. The molecule has 0 spiro atoms. The third-order valence-electron chi connectivity index (χ3n) is 6.96. The number of carbonyl (C=O) groups excluding carboxylic acids is 3. The molecule has 3 aromatic rings. The van der Waals surface area contributed by atoms with Gasteiger partial charge in [-0.25, -0.2) is 4.98 Å². The summed E-state index contributed by atoms with van der Waals surface area (Å²) in [5, 5.41) is 39.8. The van der Waals surface area contributed by atoms with E-state index in [1.165, 1.54) is 17.9 Å². The van der Waals surface area contributed by atoms with E-state index in [0.29, 0.717) is 53.0 Å². The van der Waals surface area contributed by atoms with Crippen molar-refractivity contribution < 1.29 is 38.6 Å². The molecule has 6 N–H and O–H groups in total. The second-order valence-electron chi connectivity index (χ2n) is 10.2. The van der Waals surface area contributed by atoms with Gasteiger partial charge >= 0.3 is 6.10 Å². The molecule has 5 rings (SSSR count). The quantitative estimate of drug-likeness (QED) is 0.178. The molecule has 2 aromatic heterocycles. The predicted molar refractivity (Wildman–Crippen MR) is 155 cm³/mol. The average molecular weight is 614 g/mol. The molecular formula is C27H31N7O8S. The van der Waals surface area contributed by atoms with E-state index in [1.54, 1.807) is 41.5 Å². The first kappa shape index (κ1) is 30.1. The number of aromatic nitrogens is 3. The van der Waals surface area contributed by atoms with Gasteiger partial charge in [-0.05, 0) is 31.0 Å². The number of nitrogens with one attached hydrogen (secondary N) is 3. The maximum absolute atomic E-state index is 13.2. The molecule has 43 heavy (non-hydrogen) atoms. The summed E-state index contributed by atoms with van der Waals surface area (Å²) in [4.78, 5) is 44.0. The number of pyridine rings is 1. The molecule has 15 nitrogen and oxygen atoms in total. The maximum atomic E-state index is 13.2. The van der Waals surface area contributed by atoms with Crippen molar-refractivity contribution in [2.24, 2.45) is 13.0 Å². The van der Waals surface area contributed by atoms with Crippen molar-refractivity contribution in [1.82, 2.24) is 25.0 Å². The first-order chi connectivity index (χ1) is 20.4. The molecule has 16 heteroatoms. The monoisotopic (exact) mass is 613 g/mol. The number of aryl methyl sites for hydroxylation is 1. The molecule has 3 heterocycles. The Morgan fingerprint density at radius 1 is 1.09 bits per heavy atom. The van der Waals surface area contributed by atoms with E-state index in [1.807, 2.05) is 0 Å². The number of benzene rings is 1. The molecule has 0 bridgehead atoms. The van der Waals surface area contributed by atoms with Gasteiger partial charge in [0, 0.05) is 66.2 Å². The van der Waals surface area contributed by atoms with Crippen LogP contribution in [0.5, 0.6) is 5.75 Å². The normalized spacial score (nSPS) is 15.6. The summed E-state index contributed by atoms with van der Waals surface area (Å²) >= 11 is 0. The standard InChI is InChI=1S/C27H31N7O8S/c1-33-21(26(37)34-8-10-43(41)11-9-34)12-20(32-33)16-4-3-5-18(23(16)42-2)29-19-13-22(30-24(35)15-6-7-15)28-14-17(19)25(36)31-27(38,39)40/h3-5,12-15,38-40H,6-11H2,1-2H3,(H,31,36)(H2,28,29,30,35). The second-order valence-corrected chi connectivity index (χ2v) is 11.9. The van der Waals surface area contributed by atoms with Gasteiger partial charge < -0.3 is 35.6 Å². The van der Waals surface area contributed by atoms with Gasteiger partial charge in [0.05, 0.1) is 29.7 Å². The lowest BCUT2D eigenvalue weighted by Crippen LogP contribution is -2.48. The third kappa shape index (κ3) is 6.99. The number of carbonyl (C=O) groups is 3. The van der Waals surface area contributed by atoms with Crippen molar-refractivity contribution in [2.75, 3.05) is 42.3 Å². The minimum Gasteiger partial charge on any atom is -0.494 e. The smallest absolute Gasteiger partial charge is 0.369 e. The molecule has 1 saturated heterocycles. The molecule has 2 fully saturated rings. The molecule has 1 aliphatic heterocycles. The van der Waals surface area contributed by atoms with Crippen LogP contribution >= 0.6 is 0 Å². The van der Waals surface area contributed by atoms with Crippen LogP contribution in [0.25, 0.3) is 11.3 Å². The number of hydrogen-bond donors (Lipinski definition) is 6. The lowest BCUT2D eigenvalue weighted by Gasteiger charge is -2.26. The van der Waals surface area contributed by atoms with E-state index in [9.17, 15) is 33.9 Å². The van der Waals surface area contributed by atoms with Crippen LogP contribution in [0.2, 0.25) is 0 Å². The Kier molecular flexibility index (Phi) is 8.45. The van der Waals surface area contributed by atoms with Crippen molar-refractivity contribution in [3.8, 4) is 17.0 Å². The van der Waals surface area contributed by atoms with Crippen LogP contribution in [-0.4, -0.2) is 94.7 Å². The number of anilines is 3. The van der Waals surface area contributed by atoms with E-state index < -0.39 is 22.8 Å². The SMILES string of the molecule is COc1c(Nc2cc(NC(=O)C3CC3)ncc2C(=O)NC(O)(O)O)cccc1-c1cc(C(=O)N2CCS(=O)CC2)n(C)n1. The van der Waals surface area contributed by atoms with E-state index in [4.69, 9.17) is 4.74 Å². The number of amides is 3. The summed E-state index contributed by atoms with van der Waals surface area (Å²) in [5.41, 5.74) is 1.56. The van der Waals surface area contributed by atoms with Crippen LogP contribution in [0.4, 0.5) is 17.2 Å². The average Bonchev–Trinajstić information content (AvgIpc) is 3.74. The Morgan fingerprint density at radius 2 is 1.81 bits per heavy atom. The minimum absolute atomic E-state index is 0.0951. The Labute approximate surface area is 248 Å². The van der Waals surface area contributed by atoms with Crippen LogP contribution in [0, 0.1) is 5.92 Å². The van der Waals surface area contributed by atoms with Gasteiger partial charge in [-0.3, -0.25) is 28.6 Å². The molecule has 0 radical (unpaired) electrons. The molecule has 1 aromatic carbocycles. The van der Waals surface area contributed by atoms with E-state index in [2.05, 4.69) is 20.7 Å². The first-order valence-corrected chi connectivity index (χ1v) is 14.9. The molecule has 1 aliphatic carbocycles. The number of ether oxygens (including phenoxy) is 1.